The second-order valence-electron chi connectivity index (χ2n) is 5.17. The lowest BCUT2D eigenvalue weighted by molar-refractivity contribution is -0.0126. The first-order valence-electron chi connectivity index (χ1n) is 6.78. The lowest BCUT2D eigenvalue weighted by Crippen LogP contribution is -2.43. The molecule has 2 heterocycles. The summed E-state index contributed by atoms with van der Waals surface area (Å²) in [7, 11) is -3.48. The summed E-state index contributed by atoms with van der Waals surface area (Å²) in [6, 6.07) is 3.48. The van der Waals surface area contributed by atoms with Gasteiger partial charge in [0.25, 0.3) is 0 Å². The highest BCUT2D eigenvalue weighted by Crippen LogP contribution is 2.30. The molecular formula is C13H21NO4S2. The maximum Gasteiger partial charge on any atom is 0.250 e. The second-order valence-corrected chi connectivity index (χ2v) is 8.33. The van der Waals surface area contributed by atoms with Gasteiger partial charge in [0.2, 0.25) is 10.0 Å². The van der Waals surface area contributed by atoms with E-state index in [1.54, 1.807) is 6.07 Å². The minimum Gasteiger partial charge on any atom is -0.396 e. The van der Waals surface area contributed by atoms with Crippen LogP contribution in [-0.4, -0.2) is 39.9 Å². The third-order valence-electron chi connectivity index (χ3n) is 3.78. The van der Waals surface area contributed by atoms with E-state index in [1.165, 1.54) is 11.3 Å². The van der Waals surface area contributed by atoms with Crippen LogP contribution in [0.2, 0.25) is 0 Å². The topological polar surface area (TPSA) is 75.6 Å². The molecular weight excluding hydrogens is 298 g/mol. The Bertz CT molecular complexity index is 532. The van der Waals surface area contributed by atoms with Gasteiger partial charge in [-0.05, 0) is 31.4 Å². The van der Waals surface area contributed by atoms with E-state index >= 15 is 0 Å². The number of aryl methyl sites for hydroxylation is 1. The lowest BCUT2D eigenvalue weighted by Gasteiger charge is -2.35. The molecule has 0 atom stereocenters. The van der Waals surface area contributed by atoms with Crippen LogP contribution in [-0.2, 0) is 21.2 Å². The Hall–Kier alpha value is -0.470. The number of ether oxygens (including phenoxy) is 1. The molecule has 0 aliphatic carbocycles. The van der Waals surface area contributed by atoms with E-state index in [1.807, 2.05) is 13.0 Å². The van der Waals surface area contributed by atoms with Crippen LogP contribution in [0.5, 0.6) is 0 Å². The molecule has 0 unspecified atom stereocenters. The van der Waals surface area contributed by atoms with Crippen molar-refractivity contribution >= 4 is 21.4 Å². The zero-order chi connectivity index (χ0) is 14.6. The summed E-state index contributed by atoms with van der Waals surface area (Å²) in [6.45, 7) is 3.37. The molecule has 0 amide bonds. The van der Waals surface area contributed by atoms with Crippen LogP contribution >= 0.6 is 11.3 Å². The Morgan fingerprint density at radius 3 is 2.65 bits per heavy atom. The predicted molar refractivity (Wildman–Crippen MR) is 78.5 cm³/mol. The van der Waals surface area contributed by atoms with Gasteiger partial charge in [-0.2, -0.15) is 0 Å². The third kappa shape index (κ3) is 3.59. The van der Waals surface area contributed by atoms with Gasteiger partial charge in [-0.1, -0.05) is 6.92 Å². The van der Waals surface area contributed by atoms with Gasteiger partial charge < -0.3 is 9.84 Å². The van der Waals surface area contributed by atoms with Crippen molar-refractivity contribution in [2.75, 3.05) is 26.4 Å². The standard InChI is InChI=1S/C13H21NO4S2/c1-2-11-3-4-12(19-11)20(16,17)14-9-13(10-15)5-7-18-8-6-13/h3-4,14-15H,2,5-10H2,1H3. The van der Waals surface area contributed by atoms with Gasteiger partial charge in [0, 0.05) is 30.1 Å². The number of aliphatic hydroxyl groups excluding tert-OH is 1. The van der Waals surface area contributed by atoms with Crippen molar-refractivity contribution in [2.24, 2.45) is 5.41 Å². The lowest BCUT2D eigenvalue weighted by atomic mass is 9.81. The number of sulfonamides is 1. The van der Waals surface area contributed by atoms with E-state index in [0.717, 1.165) is 11.3 Å². The van der Waals surface area contributed by atoms with E-state index < -0.39 is 15.4 Å². The van der Waals surface area contributed by atoms with E-state index in [0.29, 0.717) is 30.3 Å². The maximum atomic E-state index is 12.2. The molecule has 20 heavy (non-hydrogen) atoms. The highest BCUT2D eigenvalue weighted by Gasteiger charge is 2.33. The number of aliphatic hydroxyl groups is 1. The zero-order valence-electron chi connectivity index (χ0n) is 11.6. The van der Waals surface area contributed by atoms with E-state index in [4.69, 9.17) is 4.74 Å². The summed E-state index contributed by atoms with van der Waals surface area (Å²) in [5.74, 6) is 0. The summed E-state index contributed by atoms with van der Waals surface area (Å²) < 4.78 is 32.8. The molecule has 1 aliphatic heterocycles. The molecule has 0 saturated carbocycles. The summed E-state index contributed by atoms with van der Waals surface area (Å²) in [6.07, 6.45) is 2.19. The highest BCUT2D eigenvalue weighted by molar-refractivity contribution is 7.91. The van der Waals surface area contributed by atoms with Crippen LogP contribution in [0.15, 0.2) is 16.3 Å². The van der Waals surface area contributed by atoms with Crippen molar-refractivity contribution in [2.45, 2.75) is 30.4 Å². The highest BCUT2D eigenvalue weighted by atomic mass is 32.2. The second kappa shape index (κ2) is 6.53. The predicted octanol–water partition coefficient (Wildman–Crippen LogP) is 1.38. The van der Waals surface area contributed by atoms with Crippen molar-refractivity contribution in [3.8, 4) is 0 Å². The van der Waals surface area contributed by atoms with Gasteiger partial charge in [-0.15, -0.1) is 11.3 Å². The van der Waals surface area contributed by atoms with Crippen molar-refractivity contribution in [1.82, 2.24) is 4.72 Å². The molecule has 1 fully saturated rings. The van der Waals surface area contributed by atoms with Gasteiger partial charge >= 0.3 is 0 Å². The molecule has 1 aliphatic rings. The average Bonchev–Trinajstić information content (AvgIpc) is 2.96. The quantitative estimate of drug-likeness (QED) is 0.830. The van der Waals surface area contributed by atoms with Crippen molar-refractivity contribution in [1.29, 1.82) is 0 Å². The van der Waals surface area contributed by atoms with E-state index in [-0.39, 0.29) is 13.2 Å². The molecule has 1 saturated heterocycles. The number of rotatable bonds is 6. The first kappa shape index (κ1) is 15.9. The van der Waals surface area contributed by atoms with Gasteiger partial charge in [-0.25, -0.2) is 13.1 Å². The molecule has 0 aromatic carbocycles. The molecule has 1 aromatic rings. The first-order chi connectivity index (χ1) is 9.51. The molecule has 0 radical (unpaired) electrons. The summed E-state index contributed by atoms with van der Waals surface area (Å²) in [5.41, 5.74) is -0.393. The van der Waals surface area contributed by atoms with E-state index in [2.05, 4.69) is 4.72 Å². The minimum absolute atomic E-state index is 0.0243. The van der Waals surface area contributed by atoms with Gasteiger partial charge in [-0.3, -0.25) is 0 Å². The molecule has 0 bridgehead atoms. The molecule has 114 valence electrons. The first-order valence-corrected chi connectivity index (χ1v) is 9.08. The van der Waals surface area contributed by atoms with Gasteiger partial charge in [0.1, 0.15) is 4.21 Å². The normalized spacial score (nSPS) is 19.1. The fourth-order valence-electron chi connectivity index (χ4n) is 2.21. The Kier molecular flexibility index (Phi) is 5.19. The Balaban J connectivity index is 2.04. The van der Waals surface area contributed by atoms with Crippen LogP contribution in [0.4, 0.5) is 0 Å². The fourth-order valence-corrected chi connectivity index (χ4v) is 4.70. The molecule has 0 spiro atoms. The molecule has 1 aromatic heterocycles. The third-order valence-corrected chi connectivity index (χ3v) is 6.90. The van der Waals surface area contributed by atoms with Crippen molar-refractivity contribution in [3.05, 3.63) is 17.0 Å². The van der Waals surface area contributed by atoms with E-state index in [9.17, 15) is 13.5 Å². The number of hydrogen-bond donors (Lipinski definition) is 2. The number of hydrogen-bond acceptors (Lipinski definition) is 5. The van der Waals surface area contributed by atoms with Gasteiger partial charge in [0.05, 0.1) is 6.61 Å². The summed E-state index contributed by atoms with van der Waals surface area (Å²) in [4.78, 5) is 1.05. The monoisotopic (exact) mass is 319 g/mol. The Morgan fingerprint density at radius 2 is 2.10 bits per heavy atom. The van der Waals surface area contributed by atoms with Crippen LogP contribution in [0.25, 0.3) is 0 Å². The Labute approximate surface area is 124 Å². The molecule has 5 nitrogen and oxygen atoms in total. The molecule has 2 N–H and O–H groups in total. The van der Waals surface area contributed by atoms with Crippen LogP contribution < -0.4 is 4.72 Å². The SMILES string of the molecule is CCc1ccc(S(=O)(=O)NCC2(CO)CCOCC2)s1. The molecule has 2 rings (SSSR count). The number of nitrogens with one attached hydrogen (secondary N) is 1. The van der Waals surface area contributed by atoms with Crippen molar-refractivity contribution in [3.63, 3.8) is 0 Å². The molecule has 7 heteroatoms. The fraction of sp³-hybridized carbons (Fsp3) is 0.692. The maximum absolute atomic E-state index is 12.2. The van der Waals surface area contributed by atoms with Crippen LogP contribution in [0, 0.1) is 5.41 Å². The smallest absolute Gasteiger partial charge is 0.250 e. The van der Waals surface area contributed by atoms with Gasteiger partial charge in [0.15, 0.2) is 0 Å². The minimum atomic E-state index is -3.48. The van der Waals surface area contributed by atoms with Crippen LogP contribution in [0.1, 0.15) is 24.6 Å². The summed E-state index contributed by atoms with van der Waals surface area (Å²) in [5, 5.41) is 9.56. The zero-order valence-corrected chi connectivity index (χ0v) is 13.2. The largest absolute Gasteiger partial charge is 0.396 e. The Morgan fingerprint density at radius 1 is 1.40 bits per heavy atom. The summed E-state index contributed by atoms with van der Waals surface area (Å²) >= 11 is 1.30. The van der Waals surface area contributed by atoms with Crippen molar-refractivity contribution < 1.29 is 18.3 Å². The average molecular weight is 319 g/mol. The number of thiophene rings is 1. The van der Waals surface area contributed by atoms with Crippen LogP contribution in [0.3, 0.4) is 0 Å².